The van der Waals surface area contributed by atoms with Crippen molar-refractivity contribution in [2.24, 2.45) is 0 Å². The summed E-state index contributed by atoms with van der Waals surface area (Å²) < 4.78 is 0. The molecule has 0 spiro atoms. The van der Waals surface area contributed by atoms with Gasteiger partial charge in [0.15, 0.2) is 0 Å². The first-order chi connectivity index (χ1) is 10.1. The number of pyridine rings is 1. The number of fused-ring (bicyclic) bond motifs is 1. The molecule has 1 atom stereocenters. The Morgan fingerprint density at radius 2 is 2.19 bits per heavy atom. The van der Waals surface area contributed by atoms with Gasteiger partial charge in [0.05, 0.1) is 27.7 Å². The number of nitro benzene ring substituents is 1. The Morgan fingerprint density at radius 1 is 1.33 bits per heavy atom. The standard InChI is InChI=1S/C14H13N5O2/c1-9(11-4-2-3-7-15-11)16-14-17-12-6-5-10(19(20)21)8-13(12)18-14/h2-9H,1H3,(H2,16,17,18). The van der Waals surface area contributed by atoms with Gasteiger partial charge in [0, 0.05) is 18.3 Å². The van der Waals surface area contributed by atoms with E-state index in [4.69, 9.17) is 0 Å². The van der Waals surface area contributed by atoms with Crippen molar-refractivity contribution < 1.29 is 4.92 Å². The summed E-state index contributed by atoms with van der Waals surface area (Å²) >= 11 is 0. The van der Waals surface area contributed by atoms with Gasteiger partial charge in [-0.15, -0.1) is 0 Å². The molecule has 0 bridgehead atoms. The third kappa shape index (κ3) is 2.66. The number of hydrogen-bond acceptors (Lipinski definition) is 5. The van der Waals surface area contributed by atoms with Crippen molar-refractivity contribution >= 4 is 22.7 Å². The zero-order valence-electron chi connectivity index (χ0n) is 11.3. The monoisotopic (exact) mass is 283 g/mol. The molecule has 0 radical (unpaired) electrons. The van der Waals surface area contributed by atoms with E-state index < -0.39 is 4.92 Å². The van der Waals surface area contributed by atoms with Crippen molar-refractivity contribution in [3.8, 4) is 0 Å². The smallest absolute Gasteiger partial charge is 0.271 e. The lowest BCUT2D eigenvalue weighted by molar-refractivity contribution is -0.384. The number of imidazole rings is 1. The molecule has 2 aromatic heterocycles. The molecular weight excluding hydrogens is 270 g/mol. The second-order valence-corrected chi connectivity index (χ2v) is 4.66. The van der Waals surface area contributed by atoms with Gasteiger partial charge in [-0.3, -0.25) is 15.1 Å². The molecule has 2 N–H and O–H groups in total. The van der Waals surface area contributed by atoms with Crippen molar-refractivity contribution in [1.82, 2.24) is 15.0 Å². The molecule has 0 aliphatic heterocycles. The topological polar surface area (TPSA) is 96.7 Å². The highest BCUT2D eigenvalue weighted by atomic mass is 16.6. The van der Waals surface area contributed by atoms with Gasteiger partial charge in [0.2, 0.25) is 5.95 Å². The Kier molecular flexibility index (Phi) is 3.23. The van der Waals surface area contributed by atoms with Crippen LogP contribution in [0.4, 0.5) is 11.6 Å². The zero-order chi connectivity index (χ0) is 14.8. The van der Waals surface area contributed by atoms with Crippen LogP contribution < -0.4 is 5.32 Å². The van der Waals surface area contributed by atoms with Crippen LogP contribution >= 0.6 is 0 Å². The maximum atomic E-state index is 10.8. The second kappa shape index (κ2) is 5.20. The van der Waals surface area contributed by atoms with E-state index in [1.165, 1.54) is 12.1 Å². The van der Waals surface area contributed by atoms with E-state index in [1.807, 2.05) is 25.1 Å². The van der Waals surface area contributed by atoms with E-state index in [-0.39, 0.29) is 11.7 Å². The number of aromatic nitrogens is 3. The summed E-state index contributed by atoms with van der Waals surface area (Å²) in [5.41, 5.74) is 2.23. The van der Waals surface area contributed by atoms with E-state index in [2.05, 4.69) is 20.3 Å². The molecule has 1 unspecified atom stereocenters. The van der Waals surface area contributed by atoms with Gasteiger partial charge in [0.25, 0.3) is 5.69 Å². The molecule has 0 aliphatic carbocycles. The summed E-state index contributed by atoms with van der Waals surface area (Å²) in [4.78, 5) is 22.0. The fraction of sp³-hybridized carbons (Fsp3) is 0.143. The average molecular weight is 283 g/mol. The molecule has 2 heterocycles. The molecule has 1 aromatic carbocycles. The molecule has 7 heteroatoms. The van der Waals surface area contributed by atoms with Crippen molar-refractivity contribution in [3.05, 3.63) is 58.4 Å². The number of nitrogens with zero attached hydrogens (tertiary/aromatic N) is 3. The lowest BCUT2D eigenvalue weighted by Gasteiger charge is -2.11. The van der Waals surface area contributed by atoms with Gasteiger partial charge in [0.1, 0.15) is 0 Å². The Labute approximate surface area is 120 Å². The Balaban J connectivity index is 1.86. The highest BCUT2D eigenvalue weighted by molar-refractivity contribution is 5.79. The summed E-state index contributed by atoms with van der Waals surface area (Å²) in [6.45, 7) is 1.97. The minimum absolute atomic E-state index is 0.0262. The Bertz CT molecular complexity index is 784. The molecule has 0 aliphatic rings. The first-order valence-electron chi connectivity index (χ1n) is 6.45. The van der Waals surface area contributed by atoms with Crippen LogP contribution in [0.15, 0.2) is 42.6 Å². The van der Waals surface area contributed by atoms with Crippen LogP contribution in [-0.2, 0) is 0 Å². The second-order valence-electron chi connectivity index (χ2n) is 4.66. The van der Waals surface area contributed by atoms with Crippen LogP contribution in [0.2, 0.25) is 0 Å². The van der Waals surface area contributed by atoms with Crippen LogP contribution in [0.25, 0.3) is 11.0 Å². The summed E-state index contributed by atoms with van der Waals surface area (Å²) in [5.74, 6) is 0.559. The third-order valence-corrected chi connectivity index (χ3v) is 3.16. The van der Waals surface area contributed by atoms with Gasteiger partial charge in [-0.1, -0.05) is 6.07 Å². The quantitative estimate of drug-likeness (QED) is 0.566. The van der Waals surface area contributed by atoms with Crippen LogP contribution in [0.1, 0.15) is 18.7 Å². The largest absolute Gasteiger partial charge is 0.348 e. The fourth-order valence-corrected chi connectivity index (χ4v) is 2.09. The molecule has 3 rings (SSSR count). The fourth-order valence-electron chi connectivity index (χ4n) is 2.09. The number of benzene rings is 1. The van der Waals surface area contributed by atoms with Gasteiger partial charge in [-0.05, 0) is 25.1 Å². The molecule has 0 saturated carbocycles. The number of aromatic amines is 1. The first-order valence-corrected chi connectivity index (χ1v) is 6.45. The average Bonchev–Trinajstić information content (AvgIpc) is 2.89. The Hall–Kier alpha value is -2.96. The number of anilines is 1. The summed E-state index contributed by atoms with van der Waals surface area (Å²) in [5, 5.41) is 14.0. The summed E-state index contributed by atoms with van der Waals surface area (Å²) in [6.07, 6.45) is 1.73. The molecule has 21 heavy (non-hydrogen) atoms. The van der Waals surface area contributed by atoms with E-state index >= 15 is 0 Å². The minimum Gasteiger partial charge on any atom is -0.348 e. The van der Waals surface area contributed by atoms with E-state index in [0.717, 1.165) is 5.69 Å². The van der Waals surface area contributed by atoms with Crippen LogP contribution in [-0.4, -0.2) is 19.9 Å². The Morgan fingerprint density at radius 3 is 2.90 bits per heavy atom. The van der Waals surface area contributed by atoms with Crippen molar-refractivity contribution in [3.63, 3.8) is 0 Å². The molecule has 106 valence electrons. The van der Waals surface area contributed by atoms with Gasteiger partial charge >= 0.3 is 0 Å². The molecular formula is C14H13N5O2. The minimum atomic E-state index is -0.427. The molecule has 7 nitrogen and oxygen atoms in total. The number of hydrogen-bond donors (Lipinski definition) is 2. The van der Waals surface area contributed by atoms with E-state index in [1.54, 1.807) is 12.3 Å². The first kappa shape index (κ1) is 13.0. The highest BCUT2D eigenvalue weighted by Gasteiger charge is 2.12. The van der Waals surface area contributed by atoms with Crippen LogP contribution in [0.5, 0.6) is 0 Å². The number of nitrogens with one attached hydrogen (secondary N) is 2. The number of H-pyrrole nitrogens is 1. The molecule has 0 saturated heterocycles. The molecule has 0 amide bonds. The van der Waals surface area contributed by atoms with Crippen molar-refractivity contribution in [2.75, 3.05) is 5.32 Å². The number of non-ortho nitro benzene ring substituents is 1. The van der Waals surface area contributed by atoms with Crippen LogP contribution in [0.3, 0.4) is 0 Å². The van der Waals surface area contributed by atoms with Gasteiger partial charge in [-0.2, -0.15) is 0 Å². The maximum absolute atomic E-state index is 10.8. The van der Waals surface area contributed by atoms with E-state index in [9.17, 15) is 10.1 Å². The SMILES string of the molecule is CC(Nc1nc2ccc([N+](=O)[O-])cc2[nH]1)c1ccccn1. The van der Waals surface area contributed by atoms with E-state index in [0.29, 0.717) is 17.0 Å². The normalized spacial score (nSPS) is 12.2. The highest BCUT2D eigenvalue weighted by Crippen LogP contribution is 2.22. The van der Waals surface area contributed by atoms with Crippen LogP contribution in [0, 0.1) is 10.1 Å². The van der Waals surface area contributed by atoms with Crippen molar-refractivity contribution in [2.45, 2.75) is 13.0 Å². The predicted molar refractivity (Wildman–Crippen MR) is 79.0 cm³/mol. The summed E-state index contributed by atoms with van der Waals surface area (Å²) in [7, 11) is 0. The zero-order valence-corrected chi connectivity index (χ0v) is 11.3. The number of nitro groups is 1. The molecule has 3 aromatic rings. The van der Waals surface area contributed by atoms with Crippen molar-refractivity contribution in [1.29, 1.82) is 0 Å². The predicted octanol–water partition coefficient (Wildman–Crippen LogP) is 3.04. The van der Waals surface area contributed by atoms with Gasteiger partial charge < -0.3 is 10.3 Å². The summed E-state index contributed by atoms with van der Waals surface area (Å²) in [6, 6.07) is 10.2. The maximum Gasteiger partial charge on any atom is 0.271 e. The lowest BCUT2D eigenvalue weighted by Crippen LogP contribution is -2.09. The lowest BCUT2D eigenvalue weighted by atomic mass is 10.2. The number of rotatable bonds is 4. The third-order valence-electron chi connectivity index (χ3n) is 3.16. The molecule has 0 fully saturated rings. The van der Waals surface area contributed by atoms with Gasteiger partial charge in [-0.25, -0.2) is 4.98 Å².